The highest BCUT2D eigenvalue weighted by Gasteiger charge is 2.40. The molecule has 0 amide bonds. The monoisotopic (exact) mass is 327 g/mol. The number of sulfonamides is 1. The summed E-state index contributed by atoms with van der Waals surface area (Å²) in [6.45, 7) is 2.51. The molecule has 0 aromatic carbocycles. The molecule has 1 N–H and O–H groups in total. The van der Waals surface area contributed by atoms with Gasteiger partial charge in [-0.15, -0.1) is 10.2 Å². The number of hydrogen-bond acceptors (Lipinski definition) is 5. The summed E-state index contributed by atoms with van der Waals surface area (Å²) in [5.74, 6) is -1.16. The predicted molar refractivity (Wildman–Crippen MR) is 67.8 cm³/mol. The topological polar surface area (TPSA) is 80.1 Å². The summed E-state index contributed by atoms with van der Waals surface area (Å²) in [7, 11) is -3.52. The Morgan fingerprint density at radius 2 is 2.00 bits per heavy atom. The lowest BCUT2D eigenvalue weighted by atomic mass is 10.4. The highest BCUT2D eigenvalue weighted by molar-refractivity contribution is 7.89. The highest BCUT2D eigenvalue weighted by atomic mass is 32.2. The molecule has 0 aliphatic carbocycles. The lowest BCUT2D eigenvalue weighted by Crippen LogP contribution is -2.42. The number of aromatic nitrogens is 3. The normalized spacial score (nSPS) is 17.0. The molecule has 0 saturated carbocycles. The van der Waals surface area contributed by atoms with E-state index in [0.717, 1.165) is 8.87 Å². The molecule has 0 bridgehead atoms. The van der Waals surface area contributed by atoms with E-state index in [9.17, 15) is 21.6 Å². The standard InChI is InChI=1S/C10H16F3N5O2S/c1-2-14-3-6-21(19,20)17-4-5-18-8(7-17)15-16-9(18)10(11,12)13/h14H,2-7H2,1H3. The van der Waals surface area contributed by atoms with Gasteiger partial charge in [-0.2, -0.15) is 17.5 Å². The Labute approximate surface area is 120 Å². The van der Waals surface area contributed by atoms with Crippen molar-refractivity contribution in [3.8, 4) is 0 Å². The van der Waals surface area contributed by atoms with Crippen molar-refractivity contribution in [1.29, 1.82) is 0 Å². The Balaban J connectivity index is 2.12. The van der Waals surface area contributed by atoms with Gasteiger partial charge < -0.3 is 9.88 Å². The average molecular weight is 327 g/mol. The zero-order valence-corrected chi connectivity index (χ0v) is 12.2. The van der Waals surface area contributed by atoms with Gasteiger partial charge in [0.05, 0.1) is 12.3 Å². The average Bonchev–Trinajstić information content (AvgIpc) is 2.81. The van der Waals surface area contributed by atoms with Crippen molar-refractivity contribution in [3.05, 3.63) is 11.6 Å². The van der Waals surface area contributed by atoms with Crippen LogP contribution in [0.5, 0.6) is 0 Å². The summed E-state index contributed by atoms with van der Waals surface area (Å²) in [6.07, 6.45) is -4.59. The van der Waals surface area contributed by atoms with Crippen LogP contribution in [0.25, 0.3) is 0 Å². The summed E-state index contributed by atoms with van der Waals surface area (Å²) >= 11 is 0. The second-order valence-electron chi connectivity index (χ2n) is 4.59. The quantitative estimate of drug-likeness (QED) is 0.773. The van der Waals surface area contributed by atoms with E-state index in [4.69, 9.17) is 0 Å². The van der Waals surface area contributed by atoms with E-state index >= 15 is 0 Å². The molecule has 0 spiro atoms. The summed E-state index contributed by atoms with van der Waals surface area (Å²) < 4.78 is 64.3. The van der Waals surface area contributed by atoms with E-state index in [-0.39, 0.29) is 31.2 Å². The molecule has 2 heterocycles. The van der Waals surface area contributed by atoms with Crippen molar-refractivity contribution in [2.24, 2.45) is 0 Å². The Kier molecular flexibility index (Phi) is 4.54. The molecule has 21 heavy (non-hydrogen) atoms. The van der Waals surface area contributed by atoms with E-state index in [1.165, 1.54) is 0 Å². The van der Waals surface area contributed by atoms with Gasteiger partial charge in [-0.05, 0) is 6.54 Å². The first-order valence-corrected chi connectivity index (χ1v) is 8.04. The largest absolute Gasteiger partial charge is 0.451 e. The van der Waals surface area contributed by atoms with Crippen LogP contribution in [0, 0.1) is 0 Å². The van der Waals surface area contributed by atoms with Crippen LogP contribution in [0.4, 0.5) is 13.2 Å². The fourth-order valence-electron chi connectivity index (χ4n) is 2.09. The maximum Gasteiger partial charge on any atom is 0.451 e. The molecule has 2 rings (SSSR count). The smallest absolute Gasteiger partial charge is 0.316 e. The molecule has 1 aromatic rings. The fourth-order valence-corrected chi connectivity index (χ4v) is 3.42. The van der Waals surface area contributed by atoms with Gasteiger partial charge in [-0.25, -0.2) is 8.42 Å². The fraction of sp³-hybridized carbons (Fsp3) is 0.800. The molecular weight excluding hydrogens is 311 g/mol. The van der Waals surface area contributed by atoms with E-state index in [2.05, 4.69) is 15.5 Å². The number of rotatable bonds is 5. The van der Waals surface area contributed by atoms with Gasteiger partial charge in [0, 0.05) is 19.6 Å². The third kappa shape index (κ3) is 3.52. The van der Waals surface area contributed by atoms with Gasteiger partial charge in [-0.3, -0.25) is 0 Å². The number of alkyl halides is 3. The molecule has 120 valence electrons. The summed E-state index contributed by atoms with van der Waals surface area (Å²) in [5, 5.41) is 9.47. The van der Waals surface area contributed by atoms with E-state index in [0.29, 0.717) is 13.1 Å². The second-order valence-corrected chi connectivity index (χ2v) is 6.68. The molecule has 1 aromatic heterocycles. The molecule has 0 unspecified atom stereocenters. The molecule has 1 aliphatic heterocycles. The minimum absolute atomic E-state index is 0.0113. The van der Waals surface area contributed by atoms with Crippen molar-refractivity contribution in [1.82, 2.24) is 24.4 Å². The minimum atomic E-state index is -4.59. The third-order valence-electron chi connectivity index (χ3n) is 3.15. The van der Waals surface area contributed by atoms with E-state index < -0.39 is 22.0 Å². The zero-order valence-electron chi connectivity index (χ0n) is 11.4. The van der Waals surface area contributed by atoms with Crippen molar-refractivity contribution < 1.29 is 21.6 Å². The van der Waals surface area contributed by atoms with Gasteiger partial charge in [-0.1, -0.05) is 6.92 Å². The summed E-state index contributed by atoms with van der Waals surface area (Å²) in [6, 6.07) is 0. The number of nitrogens with one attached hydrogen (secondary N) is 1. The van der Waals surface area contributed by atoms with Crippen LogP contribution in [0.1, 0.15) is 18.6 Å². The van der Waals surface area contributed by atoms with Crippen LogP contribution in [0.15, 0.2) is 0 Å². The van der Waals surface area contributed by atoms with Gasteiger partial charge in [0.1, 0.15) is 5.82 Å². The number of halogens is 3. The molecule has 7 nitrogen and oxygen atoms in total. The van der Waals surface area contributed by atoms with Gasteiger partial charge >= 0.3 is 6.18 Å². The minimum Gasteiger partial charge on any atom is -0.316 e. The predicted octanol–water partition coefficient (Wildman–Crippen LogP) is 0.0518. The zero-order chi connectivity index (χ0) is 15.7. The number of fused-ring (bicyclic) bond motifs is 1. The molecule has 0 atom stereocenters. The molecule has 11 heteroatoms. The Hall–Kier alpha value is -1.20. The first-order chi connectivity index (χ1) is 9.75. The highest BCUT2D eigenvalue weighted by Crippen LogP contribution is 2.29. The summed E-state index contributed by atoms with van der Waals surface area (Å²) in [5.41, 5.74) is 0. The molecule has 1 aliphatic rings. The lowest BCUT2D eigenvalue weighted by Gasteiger charge is -2.27. The molecule has 0 fully saturated rings. The van der Waals surface area contributed by atoms with Crippen LogP contribution in [-0.2, 0) is 29.3 Å². The lowest BCUT2D eigenvalue weighted by molar-refractivity contribution is -0.147. The first-order valence-electron chi connectivity index (χ1n) is 6.43. The molecule has 0 radical (unpaired) electrons. The second kappa shape index (κ2) is 5.89. The van der Waals surface area contributed by atoms with Crippen LogP contribution < -0.4 is 5.32 Å². The Morgan fingerprint density at radius 3 is 2.62 bits per heavy atom. The van der Waals surface area contributed by atoms with Crippen molar-refractivity contribution in [3.63, 3.8) is 0 Å². The van der Waals surface area contributed by atoms with Crippen molar-refractivity contribution in [2.45, 2.75) is 26.2 Å². The van der Waals surface area contributed by atoms with E-state index in [1.807, 2.05) is 6.92 Å². The Morgan fingerprint density at radius 1 is 1.29 bits per heavy atom. The van der Waals surface area contributed by atoms with Crippen LogP contribution in [0.2, 0.25) is 0 Å². The van der Waals surface area contributed by atoms with E-state index in [1.54, 1.807) is 0 Å². The van der Waals surface area contributed by atoms with Crippen LogP contribution >= 0.6 is 0 Å². The molecule has 0 saturated heterocycles. The number of nitrogens with zero attached hydrogens (tertiary/aromatic N) is 4. The summed E-state index contributed by atoms with van der Waals surface area (Å²) in [4.78, 5) is 0. The third-order valence-corrected chi connectivity index (χ3v) is 4.97. The van der Waals surface area contributed by atoms with Crippen LogP contribution in [-0.4, -0.2) is 52.9 Å². The molecular formula is C10H16F3N5O2S. The Bertz CT molecular complexity index is 598. The van der Waals surface area contributed by atoms with Crippen molar-refractivity contribution in [2.75, 3.05) is 25.4 Å². The van der Waals surface area contributed by atoms with Gasteiger partial charge in [0.2, 0.25) is 15.8 Å². The van der Waals surface area contributed by atoms with Gasteiger partial charge in [0.25, 0.3) is 0 Å². The maximum atomic E-state index is 12.7. The SMILES string of the molecule is CCNCCS(=O)(=O)N1CCn2c(nnc2C(F)(F)F)C1. The van der Waals surface area contributed by atoms with Crippen LogP contribution in [0.3, 0.4) is 0 Å². The number of hydrogen-bond donors (Lipinski definition) is 1. The van der Waals surface area contributed by atoms with Crippen molar-refractivity contribution >= 4 is 10.0 Å². The maximum absolute atomic E-state index is 12.7. The first kappa shape index (κ1) is 16.2. The van der Waals surface area contributed by atoms with Gasteiger partial charge in [0.15, 0.2) is 0 Å².